The van der Waals surface area contributed by atoms with Crippen LogP contribution in [0.3, 0.4) is 0 Å². The molecule has 0 aliphatic heterocycles. The Bertz CT molecular complexity index is 1520. The van der Waals surface area contributed by atoms with E-state index in [0.717, 1.165) is 22.7 Å². The van der Waals surface area contributed by atoms with Crippen molar-refractivity contribution in [3.05, 3.63) is 96.3 Å². The number of benzene rings is 2. The fourth-order valence-corrected chi connectivity index (χ4v) is 4.28. The third-order valence-corrected chi connectivity index (χ3v) is 6.12. The minimum atomic E-state index is -0.672. The van der Waals surface area contributed by atoms with Crippen LogP contribution >= 0.6 is 11.3 Å². The largest absolute Gasteiger partial charge is 0.497 e. The van der Waals surface area contributed by atoms with Crippen molar-refractivity contribution < 1.29 is 19.1 Å². The number of aromatic nitrogens is 4. The van der Waals surface area contributed by atoms with Crippen LogP contribution in [0.15, 0.2) is 90.7 Å². The van der Waals surface area contributed by atoms with Crippen LogP contribution in [0.4, 0.5) is 5.13 Å². The van der Waals surface area contributed by atoms with Crippen LogP contribution < -0.4 is 10.1 Å². The van der Waals surface area contributed by atoms with E-state index < -0.39 is 18.5 Å². The maximum Gasteiger partial charge on any atom is 0.342 e. The van der Waals surface area contributed by atoms with Crippen molar-refractivity contribution in [1.29, 1.82) is 0 Å². The SMILES string of the molecule is COc1ccc(-c2csc(NC(=O)COC(=O)c3cn(-c4ccccc4)nc3-c3cccnc3)n2)cc1. The minimum Gasteiger partial charge on any atom is -0.497 e. The summed E-state index contributed by atoms with van der Waals surface area (Å²) in [6.45, 7) is -0.473. The van der Waals surface area contributed by atoms with E-state index >= 15 is 0 Å². The zero-order chi connectivity index (χ0) is 25.6. The highest BCUT2D eigenvalue weighted by atomic mass is 32.1. The molecule has 0 saturated heterocycles. The lowest BCUT2D eigenvalue weighted by Gasteiger charge is -2.05. The van der Waals surface area contributed by atoms with Gasteiger partial charge in [0.15, 0.2) is 11.7 Å². The molecule has 0 spiro atoms. The van der Waals surface area contributed by atoms with Gasteiger partial charge in [-0.2, -0.15) is 5.10 Å². The number of carbonyl (C=O) groups is 2. The number of para-hydroxylation sites is 1. The molecule has 1 N–H and O–H groups in total. The number of thiazole rings is 1. The number of rotatable bonds is 8. The Morgan fingerprint density at radius 2 is 1.81 bits per heavy atom. The molecular formula is C27H21N5O4S. The molecule has 0 saturated carbocycles. The first-order chi connectivity index (χ1) is 18.1. The van der Waals surface area contributed by atoms with E-state index in [4.69, 9.17) is 9.47 Å². The number of hydrogen-bond donors (Lipinski definition) is 1. The molecule has 0 atom stereocenters. The molecule has 2 aromatic carbocycles. The number of amides is 1. The molecule has 10 heteroatoms. The second-order valence-electron chi connectivity index (χ2n) is 7.80. The zero-order valence-corrected chi connectivity index (χ0v) is 20.5. The normalized spacial score (nSPS) is 10.6. The molecule has 9 nitrogen and oxygen atoms in total. The van der Waals surface area contributed by atoms with Gasteiger partial charge in [-0.05, 0) is 48.5 Å². The lowest BCUT2D eigenvalue weighted by atomic mass is 10.1. The molecular weight excluding hydrogens is 490 g/mol. The summed E-state index contributed by atoms with van der Waals surface area (Å²) < 4.78 is 12.1. The van der Waals surface area contributed by atoms with Crippen molar-refractivity contribution in [2.75, 3.05) is 19.0 Å². The number of esters is 1. The van der Waals surface area contributed by atoms with E-state index in [1.807, 2.05) is 60.0 Å². The highest BCUT2D eigenvalue weighted by Gasteiger charge is 2.21. The van der Waals surface area contributed by atoms with Crippen LogP contribution in [0, 0.1) is 0 Å². The number of nitrogens with one attached hydrogen (secondary N) is 1. The maximum absolute atomic E-state index is 13.0. The van der Waals surface area contributed by atoms with Crippen molar-refractivity contribution in [3.63, 3.8) is 0 Å². The first kappa shape index (κ1) is 23.9. The summed E-state index contributed by atoms with van der Waals surface area (Å²) in [5.41, 5.74) is 3.67. The second kappa shape index (κ2) is 10.8. The number of ether oxygens (including phenoxy) is 2. The van der Waals surface area contributed by atoms with Gasteiger partial charge < -0.3 is 9.47 Å². The fourth-order valence-electron chi connectivity index (χ4n) is 3.54. The molecule has 3 aromatic heterocycles. The number of pyridine rings is 1. The van der Waals surface area contributed by atoms with E-state index in [1.54, 1.807) is 42.5 Å². The molecule has 37 heavy (non-hydrogen) atoms. The van der Waals surface area contributed by atoms with Gasteiger partial charge in [-0.25, -0.2) is 14.5 Å². The summed E-state index contributed by atoms with van der Waals surface area (Å²) in [7, 11) is 1.60. The lowest BCUT2D eigenvalue weighted by molar-refractivity contribution is -0.119. The first-order valence-electron chi connectivity index (χ1n) is 11.2. The fraction of sp³-hybridized carbons (Fsp3) is 0.0741. The predicted octanol–water partition coefficient (Wildman–Crippen LogP) is 4.86. The van der Waals surface area contributed by atoms with E-state index in [2.05, 4.69) is 20.4 Å². The van der Waals surface area contributed by atoms with Crippen LogP contribution in [-0.2, 0) is 9.53 Å². The summed E-state index contributed by atoms with van der Waals surface area (Å²) in [6, 6.07) is 20.4. The lowest BCUT2D eigenvalue weighted by Crippen LogP contribution is -2.21. The summed E-state index contributed by atoms with van der Waals surface area (Å²) in [6.07, 6.45) is 4.84. The Labute approximate surface area is 216 Å². The average molecular weight is 512 g/mol. The van der Waals surface area contributed by atoms with E-state index in [9.17, 15) is 9.59 Å². The van der Waals surface area contributed by atoms with Crippen LogP contribution in [0.5, 0.6) is 5.75 Å². The number of methoxy groups -OCH3 is 1. The Morgan fingerprint density at radius 1 is 1.00 bits per heavy atom. The van der Waals surface area contributed by atoms with E-state index in [0.29, 0.717) is 16.4 Å². The number of carbonyl (C=O) groups excluding carboxylic acids is 2. The van der Waals surface area contributed by atoms with Crippen LogP contribution in [0.1, 0.15) is 10.4 Å². The van der Waals surface area contributed by atoms with Gasteiger partial charge >= 0.3 is 5.97 Å². The monoisotopic (exact) mass is 511 g/mol. The van der Waals surface area contributed by atoms with Gasteiger partial charge in [0.1, 0.15) is 17.0 Å². The van der Waals surface area contributed by atoms with Gasteiger partial charge in [-0.3, -0.25) is 15.1 Å². The van der Waals surface area contributed by atoms with Gasteiger partial charge in [-0.1, -0.05) is 18.2 Å². The van der Waals surface area contributed by atoms with Gasteiger partial charge in [0.05, 0.1) is 18.5 Å². The molecule has 184 valence electrons. The molecule has 0 aliphatic rings. The Morgan fingerprint density at radius 3 is 2.54 bits per heavy atom. The zero-order valence-electron chi connectivity index (χ0n) is 19.7. The topological polar surface area (TPSA) is 108 Å². The molecule has 0 fully saturated rings. The van der Waals surface area contributed by atoms with Crippen molar-refractivity contribution >= 4 is 28.3 Å². The highest BCUT2D eigenvalue weighted by molar-refractivity contribution is 7.14. The summed E-state index contributed by atoms with van der Waals surface area (Å²) in [4.78, 5) is 34.0. The number of anilines is 1. The first-order valence-corrected chi connectivity index (χ1v) is 12.1. The average Bonchev–Trinajstić information content (AvgIpc) is 3.61. The molecule has 3 heterocycles. The van der Waals surface area contributed by atoms with Gasteiger partial charge in [-0.15, -0.1) is 11.3 Å². The van der Waals surface area contributed by atoms with Crippen LogP contribution in [0.2, 0.25) is 0 Å². The van der Waals surface area contributed by atoms with Crippen molar-refractivity contribution in [1.82, 2.24) is 19.7 Å². The molecule has 5 rings (SSSR count). The number of hydrogen-bond acceptors (Lipinski definition) is 8. The van der Waals surface area contributed by atoms with Gasteiger partial charge in [0.2, 0.25) is 0 Å². The summed E-state index contributed by atoms with van der Waals surface area (Å²) in [5, 5.41) is 9.48. The van der Waals surface area contributed by atoms with Crippen molar-refractivity contribution in [2.24, 2.45) is 0 Å². The van der Waals surface area contributed by atoms with Crippen molar-refractivity contribution in [3.8, 4) is 34.0 Å². The molecule has 0 bridgehead atoms. The third kappa shape index (κ3) is 5.54. The van der Waals surface area contributed by atoms with Crippen molar-refractivity contribution in [2.45, 2.75) is 0 Å². The Hall–Kier alpha value is -4.83. The predicted molar refractivity (Wildman–Crippen MR) is 140 cm³/mol. The Balaban J connectivity index is 1.27. The third-order valence-electron chi connectivity index (χ3n) is 5.36. The molecule has 0 aliphatic carbocycles. The number of nitrogens with zero attached hydrogens (tertiary/aromatic N) is 4. The second-order valence-corrected chi connectivity index (χ2v) is 8.66. The van der Waals surface area contributed by atoms with Crippen LogP contribution in [0.25, 0.3) is 28.2 Å². The van der Waals surface area contributed by atoms with Crippen LogP contribution in [-0.4, -0.2) is 45.3 Å². The Kier molecular flexibility index (Phi) is 7.00. The van der Waals surface area contributed by atoms with E-state index in [-0.39, 0.29) is 5.56 Å². The minimum absolute atomic E-state index is 0.223. The van der Waals surface area contributed by atoms with Gasteiger partial charge in [0, 0.05) is 35.1 Å². The molecule has 1 amide bonds. The van der Waals surface area contributed by atoms with Gasteiger partial charge in [0.25, 0.3) is 5.91 Å². The smallest absolute Gasteiger partial charge is 0.342 e. The molecule has 0 radical (unpaired) electrons. The quantitative estimate of drug-likeness (QED) is 0.296. The maximum atomic E-state index is 13.0. The summed E-state index contributed by atoms with van der Waals surface area (Å²) >= 11 is 1.28. The molecule has 0 unspecified atom stereocenters. The van der Waals surface area contributed by atoms with E-state index in [1.165, 1.54) is 11.3 Å². The standard InChI is InChI=1S/C27H21N5O4S/c1-35-21-11-9-18(10-12-21)23-17-37-27(29-23)30-24(33)16-36-26(34)22-15-32(20-7-3-2-4-8-20)31-25(22)19-6-5-13-28-14-19/h2-15,17H,16H2,1H3,(H,29,30,33). The highest BCUT2D eigenvalue weighted by Crippen LogP contribution is 2.27. The summed E-state index contributed by atoms with van der Waals surface area (Å²) in [5.74, 6) is -0.424. The molecule has 5 aromatic rings.